The minimum atomic E-state index is -0.389. The summed E-state index contributed by atoms with van der Waals surface area (Å²) in [4.78, 5) is 19.5. The highest BCUT2D eigenvalue weighted by atomic mass is 16.5. The van der Waals surface area contributed by atoms with Gasteiger partial charge in [-0.1, -0.05) is 0 Å². The fraction of sp³-hybridized carbons (Fsp3) is 0.238. The first-order valence-electron chi connectivity index (χ1n) is 9.28. The van der Waals surface area contributed by atoms with Crippen LogP contribution in [0.2, 0.25) is 0 Å². The Kier molecular flexibility index (Phi) is 4.02. The van der Waals surface area contributed by atoms with Crippen molar-refractivity contribution in [2.24, 2.45) is 0 Å². The van der Waals surface area contributed by atoms with Crippen LogP contribution in [0.25, 0.3) is 27.9 Å². The highest BCUT2D eigenvalue weighted by Crippen LogP contribution is 2.26. The van der Waals surface area contributed by atoms with Gasteiger partial charge in [0.25, 0.3) is 0 Å². The van der Waals surface area contributed by atoms with Gasteiger partial charge in [0.15, 0.2) is 0 Å². The second-order valence-corrected chi connectivity index (χ2v) is 6.86. The first kappa shape index (κ1) is 16.8. The first-order valence-corrected chi connectivity index (χ1v) is 9.28. The summed E-state index contributed by atoms with van der Waals surface area (Å²) in [5, 5.41) is 4.22. The Morgan fingerprint density at radius 3 is 2.82 bits per heavy atom. The van der Waals surface area contributed by atoms with Gasteiger partial charge >= 0.3 is 5.63 Å². The number of benzene rings is 1. The molecule has 142 valence electrons. The van der Waals surface area contributed by atoms with Gasteiger partial charge in [0.05, 0.1) is 18.4 Å². The zero-order valence-corrected chi connectivity index (χ0v) is 15.5. The fourth-order valence-corrected chi connectivity index (χ4v) is 3.62. The van der Waals surface area contributed by atoms with Crippen LogP contribution in [0.4, 0.5) is 5.69 Å². The molecular weight excluding hydrogens is 356 g/mol. The molecule has 0 radical (unpaired) electrons. The van der Waals surface area contributed by atoms with Crippen LogP contribution in [-0.2, 0) is 0 Å². The van der Waals surface area contributed by atoms with E-state index < -0.39 is 0 Å². The number of pyridine rings is 1. The van der Waals surface area contributed by atoms with Crippen molar-refractivity contribution in [2.45, 2.75) is 0 Å². The van der Waals surface area contributed by atoms with Crippen LogP contribution < -0.4 is 20.6 Å². The van der Waals surface area contributed by atoms with Crippen molar-refractivity contribution in [1.82, 2.24) is 14.7 Å². The van der Waals surface area contributed by atoms with E-state index in [-0.39, 0.29) is 5.63 Å². The number of hydrogen-bond donors (Lipinski definition) is 1. The molecule has 0 saturated carbocycles. The van der Waals surface area contributed by atoms with Crippen molar-refractivity contribution in [3.05, 3.63) is 59.2 Å². The molecule has 28 heavy (non-hydrogen) atoms. The van der Waals surface area contributed by atoms with Crippen LogP contribution in [0, 0.1) is 0 Å². The van der Waals surface area contributed by atoms with Gasteiger partial charge in [-0.05, 0) is 24.3 Å². The zero-order valence-electron chi connectivity index (χ0n) is 15.5. The third-order valence-electron chi connectivity index (χ3n) is 5.15. The number of piperazine rings is 1. The Morgan fingerprint density at radius 2 is 2.00 bits per heavy atom. The van der Waals surface area contributed by atoms with Gasteiger partial charge in [-0.2, -0.15) is 0 Å². The zero-order chi connectivity index (χ0) is 19.1. The van der Waals surface area contributed by atoms with Crippen molar-refractivity contribution < 1.29 is 9.15 Å². The SMILES string of the molecule is COc1ccn2cc(-c3cc4ccc(N5CCNCC5)cc4oc3=O)nc2c1. The number of hydrogen-bond acceptors (Lipinski definition) is 6. The predicted octanol–water partition coefficient (Wildman–Crippen LogP) is 2.53. The molecule has 4 heterocycles. The van der Waals surface area contributed by atoms with Gasteiger partial charge in [-0.15, -0.1) is 0 Å². The molecule has 5 rings (SSSR count). The molecule has 0 spiro atoms. The molecule has 7 heteroatoms. The van der Waals surface area contributed by atoms with E-state index in [2.05, 4.69) is 21.3 Å². The number of imidazole rings is 1. The molecular formula is C21H20N4O3. The first-order chi connectivity index (χ1) is 13.7. The molecule has 0 unspecified atom stereocenters. The summed E-state index contributed by atoms with van der Waals surface area (Å²) in [5.74, 6) is 0.718. The van der Waals surface area contributed by atoms with Gasteiger partial charge in [0.1, 0.15) is 17.0 Å². The number of aromatic nitrogens is 2. The maximum absolute atomic E-state index is 12.7. The highest BCUT2D eigenvalue weighted by Gasteiger charge is 2.15. The quantitative estimate of drug-likeness (QED) is 0.554. The Labute approximate surface area is 161 Å². The van der Waals surface area contributed by atoms with E-state index in [9.17, 15) is 4.79 Å². The standard InChI is InChI=1S/C21H20N4O3/c1-27-16-4-7-25-13-18(23-20(25)12-16)17-10-14-2-3-15(11-19(14)28-21(17)26)24-8-5-22-6-9-24/h2-4,7,10-13,22H,5-6,8-9H2,1H3. The Balaban J connectivity index is 1.56. The van der Waals surface area contributed by atoms with E-state index in [1.165, 1.54) is 0 Å². The minimum absolute atomic E-state index is 0.389. The van der Waals surface area contributed by atoms with Crippen LogP contribution >= 0.6 is 0 Å². The summed E-state index contributed by atoms with van der Waals surface area (Å²) in [6, 6.07) is 11.5. The number of nitrogens with zero attached hydrogens (tertiary/aromatic N) is 3. The van der Waals surface area contributed by atoms with Gasteiger partial charge in [0, 0.05) is 61.8 Å². The Hall–Kier alpha value is -3.32. The molecule has 7 nitrogen and oxygen atoms in total. The highest BCUT2D eigenvalue weighted by molar-refractivity contribution is 5.84. The van der Waals surface area contributed by atoms with Crippen LogP contribution in [0.5, 0.6) is 5.75 Å². The maximum Gasteiger partial charge on any atom is 0.345 e. The van der Waals surface area contributed by atoms with Crippen LogP contribution in [0.1, 0.15) is 0 Å². The van der Waals surface area contributed by atoms with Gasteiger partial charge in [0.2, 0.25) is 0 Å². The number of rotatable bonds is 3. The third kappa shape index (κ3) is 2.90. The smallest absolute Gasteiger partial charge is 0.345 e. The number of anilines is 1. The summed E-state index contributed by atoms with van der Waals surface area (Å²) in [6.07, 6.45) is 3.68. The molecule has 0 amide bonds. The second kappa shape index (κ2) is 6.69. The van der Waals surface area contributed by atoms with E-state index in [1.54, 1.807) is 7.11 Å². The molecule has 1 saturated heterocycles. The third-order valence-corrected chi connectivity index (χ3v) is 5.15. The van der Waals surface area contributed by atoms with Crippen LogP contribution in [-0.4, -0.2) is 42.7 Å². The molecule has 3 aromatic heterocycles. The average Bonchev–Trinajstić information content (AvgIpc) is 3.16. The number of fused-ring (bicyclic) bond motifs is 2. The van der Waals surface area contributed by atoms with Crippen molar-refractivity contribution >= 4 is 22.3 Å². The summed E-state index contributed by atoms with van der Waals surface area (Å²) < 4.78 is 12.7. The monoisotopic (exact) mass is 376 g/mol. The second-order valence-electron chi connectivity index (χ2n) is 6.86. The van der Waals surface area contributed by atoms with Crippen LogP contribution in [0.3, 0.4) is 0 Å². The van der Waals surface area contributed by atoms with Gasteiger partial charge in [-0.25, -0.2) is 9.78 Å². The lowest BCUT2D eigenvalue weighted by atomic mass is 10.1. The van der Waals surface area contributed by atoms with Crippen molar-refractivity contribution in [2.75, 3.05) is 38.2 Å². The summed E-state index contributed by atoms with van der Waals surface area (Å²) >= 11 is 0. The maximum atomic E-state index is 12.7. The van der Waals surface area contributed by atoms with Crippen LogP contribution in [0.15, 0.2) is 58.0 Å². The average molecular weight is 376 g/mol. The molecule has 0 bridgehead atoms. The van der Waals surface area contributed by atoms with Gasteiger partial charge < -0.3 is 23.8 Å². The van der Waals surface area contributed by atoms with Gasteiger partial charge in [-0.3, -0.25) is 0 Å². The normalized spacial score (nSPS) is 14.7. The van der Waals surface area contributed by atoms with E-state index in [0.717, 1.165) is 43.0 Å². The molecule has 4 aromatic rings. The summed E-state index contributed by atoms with van der Waals surface area (Å²) in [7, 11) is 1.61. The van der Waals surface area contributed by atoms with E-state index in [1.807, 2.05) is 47.1 Å². The Bertz CT molecular complexity index is 1220. The number of methoxy groups -OCH3 is 1. The van der Waals surface area contributed by atoms with E-state index >= 15 is 0 Å². The largest absolute Gasteiger partial charge is 0.497 e. The lowest BCUT2D eigenvalue weighted by molar-refractivity contribution is 0.414. The molecule has 0 aliphatic carbocycles. The van der Waals surface area contributed by atoms with E-state index in [0.29, 0.717) is 22.5 Å². The topological polar surface area (TPSA) is 72.0 Å². The Morgan fingerprint density at radius 1 is 1.14 bits per heavy atom. The lowest BCUT2D eigenvalue weighted by Gasteiger charge is -2.29. The molecule has 0 atom stereocenters. The molecule has 1 N–H and O–H groups in total. The molecule has 1 fully saturated rings. The van der Waals surface area contributed by atoms with Crippen molar-refractivity contribution in [3.63, 3.8) is 0 Å². The predicted molar refractivity (Wildman–Crippen MR) is 108 cm³/mol. The summed E-state index contributed by atoms with van der Waals surface area (Å²) in [5.41, 5.74) is 3.02. The molecule has 1 aliphatic heterocycles. The molecule has 1 aromatic carbocycles. The lowest BCUT2D eigenvalue weighted by Crippen LogP contribution is -2.43. The fourth-order valence-electron chi connectivity index (χ4n) is 3.62. The summed E-state index contributed by atoms with van der Waals surface area (Å²) in [6.45, 7) is 3.80. The van der Waals surface area contributed by atoms with Crippen molar-refractivity contribution in [1.29, 1.82) is 0 Å². The van der Waals surface area contributed by atoms with E-state index in [4.69, 9.17) is 9.15 Å². The molecule has 1 aliphatic rings. The minimum Gasteiger partial charge on any atom is -0.497 e. The number of nitrogens with one attached hydrogen (secondary N) is 1. The number of ether oxygens (including phenoxy) is 1. The van der Waals surface area contributed by atoms with Crippen molar-refractivity contribution in [3.8, 4) is 17.0 Å².